The van der Waals surface area contributed by atoms with Crippen molar-refractivity contribution in [1.82, 2.24) is 9.97 Å². The van der Waals surface area contributed by atoms with E-state index >= 15 is 0 Å². The van der Waals surface area contributed by atoms with E-state index in [4.69, 9.17) is 0 Å². The van der Waals surface area contributed by atoms with Crippen LogP contribution in [0.2, 0.25) is 0 Å². The first kappa shape index (κ1) is 19.3. The molecule has 1 N–H and O–H groups in total. The largest absolute Gasteiger partial charge is 0.469 e. The van der Waals surface area contributed by atoms with Gasteiger partial charge in [-0.2, -0.15) is 13.2 Å². The minimum absolute atomic E-state index is 0.147. The van der Waals surface area contributed by atoms with Crippen LogP contribution in [0.25, 0.3) is 11.1 Å². The highest BCUT2D eigenvalue weighted by Gasteiger charge is 2.32. The number of esters is 1. The van der Waals surface area contributed by atoms with Crippen LogP contribution in [0, 0.1) is 0 Å². The Balaban J connectivity index is 1.83. The Morgan fingerprint density at radius 1 is 1.07 bits per heavy atom. The number of methoxy groups -OCH3 is 1. The fourth-order valence-electron chi connectivity index (χ4n) is 2.58. The predicted octanol–water partition coefficient (Wildman–Crippen LogP) is 4.62. The minimum Gasteiger partial charge on any atom is -0.469 e. The number of aromatic nitrogens is 2. The first-order valence-corrected chi connectivity index (χ1v) is 8.28. The van der Waals surface area contributed by atoms with Crippen molar-refractivity contribution in [2.45, 2.75) is 12.6 Å². The molecule has 3 rings (SSSR count). The number of benzene rings is 2. The van der Waals surface area contributed by atoms with Crippen molar-refractivity contribution in [2.24, 2.45) is 0 Å². The number of halogens is 3. The summed E-state index contributed by atoms with van der Waals surface area (Å²) >= 11 is 0. The topological polar surface area (TPSA) is 64.1 Å². The lowest BCUT2D eigenvalue weighted by atomic mass is 10.0. The average Bonchev–Trinajstić information content (AvgIpc) is 2.68. The second kappa shape index (κ2) is 8.08. The normalized spacial score (nSPS) is 11.1. The number of anilines is 2. The molecule has 0 amide bonds. The zero-order chi connectivity index (χ0) is 20.1. The van der Waals surface area contributed by atoms with Gasteiger partial charge in [-0.1, -0.05) is 36.4 Å². The van der Waals surface area contributed by atoms with Crippen molar-refractivity contribution >= 4 is 17.6 Å². The number of carbonyl (C=O) groups excluding carboxylic acids is 1. The summed E-state index contributed by atoms with van der Waals surface area (Å²) in [5.41, 5.74) is 1.99. The number of nitrogens with zero attached hydrogens (tertiary/aromatic N) is 2. The van der Waals surface area contributed by atoms with Crippen molar-refractivity contribution in [3.05, 3.63) is 72.1 Å². The number of hydrogen-bond acceptors (Lipinski definition) is 5. The molecular formula is C20H16F3N3O2. The van der Waals surface area contributed by atoms with Gasteiger partial charge in [0.2, 0.25) is 5.95 Å². The zero-order valence-electron chi connectivity index (χ0n) is 14.8. The van der Waals surface area contributed by atoms with Gasteiger partial charge in [0.15, 0.2) is 0 Å². The lowest BCUT2D eigenvalue weighted by Crippen LogP contribution is -2.10. The van der Waals surface area contributed by atoms with Crippen LogP contribution in [-0.2, 0) is 22.1 Å². The van der Waals surface area contributed by atoms with Crippen molar-refractivity contribution in [3.63, 3.8) is 0 Å². The van der Waals surface area contributed by atoms with Crippen molar-refractivity contribution in [1.29, 1.82) is 0 Å². The molecule has 0 aliphatic rings. The van der Waals surface area contributed by atoms with E-state index in [0.717, 1.165) is 29.0 Å². The van der Waals surface area contributed by atoms with Gasteiger partial charge >= 0.3 is 12.1 Å². The highest BCUT2D eigenvalue weighted by Crippen LogP contribution is 2.29. The van der Waals surface area contributed by atoms with Crippen LogP contribution < -0.4 is 5.32 Å². The summed E-state index contributed by atoms with van der Waals surface area (Å²) in [4.78, 5) is 18.8. The van der Waals surface area contributed by atoms with Gasteiger partial charge in [-0.25, -0.2) is 9.97 Å². The molecule has 0 spiro atoms. The van der Waals surface area contributed by atoms with Gasteiger partial charge in [-0.05, 0) is 34.9 Å². The van der Waals surface area contributed by atoms with Gasteiger partial charge in [0, 0.05) is 11.9 Å². The predicted molar refractivity (Wildman–Crippen MR) is 97.9 cm³/mol. The highest BCUT2D eigenvalue weighted by molar-refractivity contribution is 5.75. The maximum absolute atomic E-state index is 12.8. The van der Waals surface area contributed by atoms with E-state index in [1.165, 1.54) is 7.11 Å². The van der Waals surface area contributed by atoms with E-state index < -0.39 is 11.9 Å². The molecule has 0 radical (unpaired) electrons. The Morgan fingerprint density at radius 3 is 2.50 bits per heavy atom. The summed E-state index contributed by atoms with van der Waals surface area (Å²) in [5.74, 6) is -0.485. The lowest BCUT2D eigenvalue weighted by Gasteiger charge is -2.10. The number of alkyl halides is 3. The fourth-order valence-corrected chi connectivity index (χ4v) is 2.58. The van der Waals surface area contributed by atoms with Crippen LogP contribution in [0.15, 0.2) is 60.8 Å². The molecule has 0 atom stereocenters. The second-order valence-corrected chi connectivity index (χ2v) is 5.92. The first-order valence-electron chi connectivity index (χ1n) is 8.28. The Labute approximate surface area is 159 Å². The van der Waals surface area contributed by atoms with Gasteiger partial charge in [-0.3, -0.25) is 4.79 Å². The van der Waals surface area contributed by atoms with E-state index in [9.17, 15) is 18.0 Å². The number of hydrogen-bond donors (Lipinski definition) is 1. The van der Waals surface area contributed by atoms with E-state index in [1.807, 2.05) is 30.3 Å². The van der Waals surface area contributed by atoms with E-state index in [2.05, 4.69) is 20.0 Å². The summed E-state index contributed by atoms with van der Waals surface area (Å²) in [6.45, 7) is 0. The van der Waals surface area contributed by atoms with E-state index in [-0.39, 0.29) is 18.3 Å². The van der Waals surface area contributed by atoms with Gasteiger partial charge in [0.05, 0.1) is 13.5 Å². The molecular weight excluding hydrogens is 371 g/mol. The molecule has 0 saturated carbocycles. The second-order valence-electron chi connectivity index (χ2n) is 5.92. The Bertz CT molecular complexity index is 990. The molecule has 2 aromatic carbocycles. The quantitative estimate of drug-likeness (QED) is 0.647. The summed E-state index contributed by atoms with van der Waals surface area (Å²) in [6, 6.07) is 15.3. The van der Waals surface area contributed by atoms with Crippen LogP contribution >= 0.6 is 0 Å². The molecule has 8 heteroatoms. The molecule has 0 aliphatic heterocycles. The smallest absolute Gasteiger partial charge is 0.433 e. The Hall–Kier alpha value is -3.42. The van der Waals surface area contributed by atoms with Crippen molar-refractivity contribution in [2.75, 3.05) is 12.4 Å². The van der Waals surface area contributed by atoms with Crippen LogP contribution in [0.5, 0.6) is 0 Å². The van der Waals surface area contributed by atoms with Gasteiger partial charge in [0.25, 0.3) is 0 Å². The highest BCUT2D eigenvalue weighted by atomic mass is 19.4. The number of ether oxygens (including phenoxy) is 1. The Kier molecular flexibility index (Phi) is 5.58. The molecule has 144 valence electrons. The summed E-state index contributed by atoms with van der Waals surface area (Å²) in [5, 5.41) is 2.79. The molecule has 0 unspecified atom stereocenters. The molecule has 5 nitrogen and oxygen atoms in total. The molecule has 1 heterocycles. The monoisotopic (exact) mass is 387 g/mol. The van der Waals surface area contributed by atoms with Gasteiger partial charge in [0.1, 0.15) is 5.69 Å². The van der Waals surface area contributed by atoms with Crippen LogP contribution in [0.1, 0.15) is 11.3 Å². The lowest BCUT2D eigenvalue weighted by molar-refractivity contribution is -0.141. The summed E-state index contributed by atoms with van der Waals surface area (Å²) in [7, 11) is 1.33. The van der Waals surface area contributed by atoms with E-state index in [0.29, 0.717) is 5.69 Å². The number of carbonyl (C=O) groups is 1. The molecule has 1 aromatic heterocycles. The third-order valence-electron chi connectivity index (χ3n) is 3.90. The van der Waals surface area contributed by atoms with Gasteiger partial charge in [-0.15, -0.1) is 0 Å². The Morgan fingerprint density at radius 2 is 1.79 bits per heavy atom. The maximum Gasteiger partial charge on any atom is 0.433 e. The minimum atomic E-state index is -4.54. The molecule has 28 heavy (non-hydrogen) atoms. The SMILES string of the molecule is COC(=O)Cc1cccc(-c2cccc(Nc3nccc(C(F)(F)F)n3)c2)c1. The van der Waals surface area contributed by atoms with Crippen LogP contribution in [0.4, 0.5) is 24.8 Å². The zero-order valence-corrected chi connectivity index (χ0v) is 14.8. The molecule has 0 bridgehead atoms. The summed E-state index contributed by atoms with van der Waals surface area (Å²) in [6.07, 6.45) is -3.33. The van der Waals surface area contributed by atoms with Crippen LogP contribution in [0.3, 0.4) is 0 Å². The molecule has 3 aromatic rings. The molecule has 0 saturated heterocycles. The molecule has 0 aliphatic carbocycles. The third-order valence-corrected chi connectivity index (χ3v) is 3.90. The first-order chi connectivity index (χ1) is 13.3. The third kappa shape index (κ3) is 4.85. The molecule has 0 fully saturated rings. The fraction of sp³-hybridized carbons (Fsp3) is 0.150. The van der Waals surface area contributed by atoms with Gasteiger partial charge < -0.3 is 10.1 Å². The summed E-state index contributed by atoms with van der Waals surface area (Å²) < 4.78 is 43.1. The number of nitrogens with one attached hydrogen (secondary N) is 1. The average molecular weight is 387 g/mol. The standard InChI is InChI=1S/C20H16F3N3O2/c1-28-18(27)11-13-4-2-5-14(10-13)15-6-3-7-16(12-15)25-19-24-9-8-17(26-19)20(21,22)23/h2-10,12H,11H2,1H3,(H,24,25,26). The van der Waals surface area contributed by atoms with Crippen molar-refractivity contribution < 1.29 is 22.7 Å². The maximum atomic E-state index is 12.8. The van der Waals surface area contributed by atoms with Crippen LogP contribution in [-0.4, -0.2) is 23.0 Å². The number of rotatable bonds is 5. The van der Waals surface area contributed by atoms with Crippen molar-refractivity contribution in [3.8, 4) is 11.1 Å². The van der Waals surface area contributed by atoms with E-state index in [1.54, 1.807) is 18.2 Å².